The molecule has 0 aromatic heterocycles. The van der Waals surface area contributed by atoms with E-state index in [0.717, 1.165) is 5.56 Å². The summed E-state index contributed by atoms with van der Waals surface area (Å²) < 4.78 is 0. The van der Waals surface area contributed by atoms with Gasteiger partial charge in [0.15, 0.2) is 5.78 Å². The van der Waals surface area contributed by atoms with Crippen molar-refractivity contribution in [3.05, 3.63) is 29.8 Å². The number of rotatable bonds is 4. The largest absolute Gasteiger partial charge is 0.293 e. The lowest BCUT2D eigenvalue weighted by Gasteiger charge is -2.12. The lowest BCUT2D eigenvalue weighted by Crippen LogP contribution is -2.19. The number of carbonyl (C=O) groups is 1. The van der Waals surface area contributed by atoms with Crippen molar-refractivity contribution in [1.29, 1.82) is 0 Å². The summed E-state index contributed by atoms with van der Waals surface area (Å²) >= 11 is 5.11. The minimum atomic E-state index is -0.0855. The van der Waals surface area contributed by atoms with Gasteiger partial charge < -0.3 is 0 Å². The molecule has 0 heterocycles. The molecular formula is C12H15BrOS. The second-order valence-corrected chi connectivity index (χ2v) is 5.60. The van der Waals surface area contributed by atoms with E-state index >= 15 is 0 Å². The zero-order valence-corrected chi connectivity index (χ0v) is 11.6. The minimum absolute atomic E-state index is 0.0855. The molecule has 0 fully saturated rings. The Balaban J connectivity index is 2.83. The van der Waals surface area contributed by atoms with Gasteiger partial charge in [0.05, 0.1) is 4.83 Å². The highest BCUT2D eigenvalue weighted by Crippen LogP contribution is 2.20. The number of halogens is 1. The quantitative estimate of drug-likeness (QED) is 0.473. The van der Waals surface area contributed by atoms with Gasteiger partial charge in [-0.15, -0.1) is 11.8 Å². The molecule has 0 N–H and O–H groups in total. The predicted molar refractivity (Wildman–Crippen MR) is 70.1 cm³/mol. The Morgan fingerprint density at radius 3 is 2.20 bits per heavy atom. The van der Waals surface area contributed by atoms with Crippen LogP contribution in [0.15, 0.2) is 29.2 Å². The van der Waals surface area contributed by atoms with Crippen LogP contribution in [0.3, 0.4) is 0 Å². The van der Waals surface area contributed by atoms with Crippen molar-refractivity contribution in [3.63, 3.8) is 0 Å². The molecule has 0 aliphatic rings. The third-order valence-corrected chi connectivity index (χ3v) is 4.43. The van der Waals surface area contributed by atoms with Crippen molar-refractivity contribution < 1.29 is 4.79 Å². The van der Waals surface area contributed by atoms with Crippen molar-refractivity contribution in [2.45, 2.75) is 23.6 Å². The van der Waals surface area contributed by atoms with E-state index in [4.69, 9.17) is 0 Å². The van der Waals surface area contributed by atoms with Crippen LogP contribution in [0.2, 0.25) is 0 Å². The van der Waals surface area contributed by atoms with Crippen LogP contribution in [0.5, 0.6) is 0 Å². The maximum Gasteiger partial charge on any atom is 0.176 e. The monoisotopic (exact) mass is 286 g/mol. The Bertz CT molecular complexity index is 332. The first-order chi connectivity index (χ1) is 7.06. The minimum Gasteiger partial charge on any atom is -0.293 e. The van der Waals surface area contributed by atoms with Crippen molar-refractivity contribution in [2.75, 3.05) is 6.26 Å². The smallest absolute Gasteiger partial charge is 0.176 e. The highest BCUT2D eigenvalue weighted by molar-refractivity contribution is 9.10. The van der Waals surface area contributed by atoms with Gasteiger partial charge in [-0.2, -0.15) is 0 Å². The van der Waals surface area contributed by atoms with Crippen LogP contribution in [0.4, 0.5) is 0 Å². The number of hydrogen-bond donors (Lipinski definition) is 0. The van der Waals surface area contributed by atoms with Crippen LogP contribution in [0.25, 0.3) is 0 Å². The summed E-state index contributed by atoms with van der Waals surface area (Å²) in [7, 11) is 0. The normalized spacial score (nSPS) is 12.9. The second-order valence-electron chi connectivity index (χ2n) is 3.74. The number of benzene rings is 1. The average molecular weight is 287 g/mol. The van der Waals surface area contributed by atoms with E-state index in [9.17, 15) is 4.79 Å². The van der Waals surface area contributed by atoms with E-state index in [1.54, 1.807) is 11.8 Å². The first kappa shape index (κ1) is 12.8. The van der Waals surface area contributed by atoms with Gasteiger partial charge >= 0.3 is 0 Å². The first-order valence-electron chi connectivity index (χ1n) is 4.88. The predicted octanol–water partition coefficient (Wildman–Crippen LogP) is 4.01. The van der Waals surface area contributed by atoms with Crippen molar-refractivity contribution in [2.24, 2.45) is 5.92 Å². The highest BCUT2D eigenvalue weighted by Gasteiger charge is 2.19. The Morgan fingerprint density at radius 1 is 1.27 bits per heavy atom. The van der Waals surface area contributed by atoms with Crippen LogP contribution in [-0.2, 0) is 0 Å². The fourth-order valence-corrected chi connectivity index (χ4v) is 1.89. The van der Waals surface area contributed by atoms with Crippen molar-refractivity contribution >= 4 is 33.5 Å². The average Bonchev–Trinajstić information content (AvgIpc) is 2.27. The number of alkyl halides is 1. The molecule has 0 spiro atoms. The summed E-state index contributed by atoms with van der Waals surface area (Å²) in [6, 6.07) is 7.76. The molecule has 1 nitrogen and oxygen atoms in total. The first-order valence-corrected chi connectivity index (χ1v) is 7.02. The van der Waals surface area contributed by atoms with Gasteiger partial charge in [-0.05, 0) is 24.3 Å². The number of ketones is 1. The van der Waals surface area contributed by atoms with Crippen LogP contribution in [-0.4, -0.2) is 16.9 Å². The van der Waals surface area contributed by atoms with E-state index in [0.29, 0.717) is 5.92 Å². The lowest BCUT2D eigenvalue weighted by molar-refractivity contribution is 0.0978. The molecule has 0 radical (unpaired) electrons. The van der Waals surface area contributed by atoms with E-state index in [1.807, 2.05) is 44.4 Å². The summed E-state index contributed by atoms with van der Waals surface area (Å²) in [5.74, 6) is 0.482. The summed E-state index contributed by atoms with van der Waals surface area (Å²) in [4.78, 5) is 13.0. The van der Waals surface area contributed by atoms with Crippen molar-refractivity contribution in [1.82, 2.24) is 0 Å². The van der Waals surface area contributed by atoms with E-state index in [-0.39, 0.29) is 10.6 Å². The summed E-state index contributed by atoms with van der Waals surface area (Å²) in [5.41, 5.74) is 0.781. The van der Waals surface area contributed by atoms with Gasteiger partial charge in [0.25, 0.3) is 0 Å². The Hall–Kier alpha value is -0.280. The number of carbonyl (C=O) groups excluding carboxylic acids is 1. The third-order valence-electron chi connectivity index (χ3n) is 2.21. The molecule has 15 heavy (non-hydrogen) atoms. The van der Waals surface area contributed by atoms with Crippen LogP contribution in [0.1, 0.15) is 24.2 Å². The third kappa shape index (κ3) is 3.35. The molecule has 0 saturated carbocycles. The summed E-state index contributed by atoms with van der Waals surface area (Å²) in [6.45, 7) is 4.07. The topological polar surface area (TPSA) is 17.1 Å². The van der Waals surface area contributed by atoms with Gasteiger partial charge in [0, 0.05) is 10.5 Å². The molecular weight excluding hydrogens is 272 g/mol. The zero-order valence-electron chi connectivity index (χ0n) is 9.16. The molecule has 3 heteroatoms. The molecule has 1 aromatic rings. The summed E-state index contributed by atoms with van der Waals surface area (Å²) in [5, 5.41) is 0. The molecule has 0 amide bonds. The Morgan fingerprint density at radius 2 is 1.80 bits per heavy atom. The molecule has 0 bridgehead atoms. The molecule has 0 saturated heterocycles. The maximum absolute atomic E-state index is 11.9. The number of thioether (sulfide) groups is 1. The molecule has 1 unspecified atom stereocenters. The van der Waals surface area contributed by atoms with Gasteiger partial charge in [-0.25, -0.2) is 0 Å². The van der Waals surface area contributed by atoms with Crippen molar-refractivity contribution in [3.8, 4) is 0 Å². The SMILES string of the molecule is CSc1ccc(C(=O)C(Br)C(C)C)cc1. The van der Waals surface area contributed by atoms with Crippen LogP contribution < -0.4 is 0 Å². The van der Waals surface area contributed by atoms with E-state index in [2.05, 4.69) is 15.9 Å². The molecule has 0 aliphatic heterocycles. The van der Waals surface area contributed by atoms with Gasteiger partial charge in [-0.1, -0.05) is 41.9 Å². The van der Waals surface area contributed by atoms with Crippen LogP contribution in [0, 0.1) is 5.92 Å². The van der Waals surface area contributed by atoms with Gasteiger partial charge in [-0.3, -0.25) is 4.79 Å². The molecule has 1 rings (SSSR count). The lowest BCUT2D eigenvalue weighted by atomic mass is 10.0. The van der Waals surface area contributed by atoms with Gasteiger partial charge in [0.2, 0.25) is 0 Å². The summed E-state index contributed by atoms with van der Waals surface area (Å²) in [6.07, 6.45) is 2.03. The zero-order chi connectivity index (χ0) is 11.4. The molecule has 82 valence electrons. The fraction of sp³-hybridized carbons (Fsp3) is 0.417. The maximum atomic E-state index is 11.9. The Labute approximate surface area is 104 Å². The molecule has 1 aromatic carbocycles. The van der Waals surface area contributed by atoms with E-state index < -0.39 is 0 Å². The fourth-order valence-electron chi connectivity index (χ4n) is 1.22. The number of hydrogen-bond acceptors (Lipinski definition) is 2. The van der Waals surface area contributed by atoms with E-state index in [1.165, 1.54) is 4.90 Å². The highest BCUT2D eigenvalue weighted by atomic mass is 79.9. The second kappa shape index (κ2) is 5.71. The molecule has 0 aliphatic carbocycles. The Kier molecular flexibility index (Phi) is 4.87. The van der Waals surface area contributed by atoms with Gasteiger partial charge in [0.1, 0.15) is 0 Å². The number of Topliss-reactive ketones (excluding diaryl/α,β-unsaturated/α-hetero) is 1. The van der Waals surface area contributed by atoms with Crippen LogP contribution >= 0.6 is 27.7 Å². The molecule has 1 atom stereocenters. The standard InChI is InChI=1S/C12H15BrOS/c1-8(2)11(13)12(14)9-4-6-10(15-3)7-5-9/h4-8,11H,1-3H3.